The summed E-state index contributed by atoms with van der Waals surface area (Å²) in [5, 5.41) is 10.7. The van der Waals surface area contributed by atoms with Crippen molar-refractivity contribution in [3.05, 3.63) is 134 Å². The topological polar surface area (TPSA) is 43.6 Å². The fourth-order valence-electron chi connectivity index (χ4n) is 7.02. The highest BCUT2D eigenvalue weighted by Gasteiger charge is 2.23. The number of hydrogen-bond acceptors (Lipinski definition) is 4. The summed E-state index contributed by atoms with van der Waals surface area (Å²) in [6.45, 7) is 0. The van der Waals surface area contributed by atoms with Crippen molar-refractivity contribution in [1.82, 2.24) is 19.5 Å². The minimum atomic E-state index is 0.621. The van der Waals surface area contributed by atoms with Gasteiger partial charge in [-0.25, -0.2) is 9.97 Å². The first kappa shape index (κ1) is 23.9. The summed E-state index contributed by atoms with van der Waals surface area (Å²) in [6.07, 6.45) is 1.81. The molecular weight excluding hydrogens is 557 g/mol. The third kappa shape index (κ3) is 3.19. The summed E-state index contributed by atoms with van der Waals surface area (Å²) >= 11 is 1.87. The molecule has 0 saturated carbocycles. The molecule has 44 heavy (non-hydrogen) atoms. The Morgan fingerprint density at radius 3 is 2.14 bits per heavy atom. The minimum absolute atomic E-state index is 0.621. The van der Waals surface area contributed by atoms with E-state index >= 15 is 0 Å². The molecule has 4 heterocycles. The Balaban J connectivity index is 1.42. The molecule has 0 atom stereocenters. The highest BCUT2D eigenvalue weighted by atomic mass is 32.1. The molecule has 0 amide bonds. The van der Waals surface area contributed by atoms with E-state index in [9.17, 15) is 0 Å². The zero-order valence-electron chi connectivity index (χ0n) is 23.4. The van der Waals surface area contributed by atoms with E-state index in [1.807, 2.05) is 23.6 Å². The van der Waals surface area contributed by atoms with E-state index in [0.717, 1.165) is 33.1 Å². The highest BCUT2D eigenvalue weighted by molar-refractivity contribution is 7.27. The number of fused-ring (bicyclic) bond motifs is 12. The lowest BCUT2D eigenvalue weighted by molar-refractivity contribution is 1.01. The number of hydrogen-bond donors (Lipinski definition) is 0. The van der Waals surface area contributed by atoms with Gasteiger partial charge in [0.05, 0.1) is 16.7 Å². The van der Waals surface area contributed by atoms with Crippen molar-refractivity contribution in [2.24, 2.45) is 0 Å². The lowest BCUT2D eigenvalue weighted by Crippen LogP contribution is -2.04. The zero-order valence-corrected chi connectivity index (χ0v) is 24.2. The van der Waals surface area contributed by atoms with Gasteiger partial charge in [0.25, 0.3) is 0 Å². The van der Waals surface area contributed by atoms with Gasteiger partial charge in [-0.1, -0.05) is 103 Å². The van der Waals surface area contributed by atoms with Crippen LogP contribution in [-0.2, 0) is 0 Å². The Hall–Kier alpha value is -5.65. The monoisotopic (exact) mass is 578 g/mol. The Bertz CT molecular complexity index is 2780. The van der Waals surface area contributed by atoms with Crippen LogP contribution in [0, 0.1) is 0 Å². The van der Waals surface area contributed by atoms with E-state index < -0.39 is 0 Å². The third-order valence-electron chi connectivity index (χ3n) is 8.85. The number of rotatable bonds is 2. The number of thiophene rings is 1. The second-order valence-electron chi connectivity index (χ2n) is 11.2. The summed E-state index contributed by atoms with van der Waals surface area (Å²) in [7, 11) is 0. The third-order valence-corrected chi connectivity index (χ3v) is 10.0. The number of benzene rings is 6. The van der Waals surface area contributed by atoms with Crippen LogP contribution >= 0.6 is 11.3 Å². The molecule has 10 rings (SSSR count). The molecular formula is C39H22N4S. The normalized spacial score (nSPS) is 12.1. The Morgan fingerprint density at radius 1 is 0.523 bits per heavy atom. The Labute approximate surface area is 255 Å². The summed E-state index contributed by atoms with van der Waals surface area (Å²) in [5.41, 5.74) is 4.84. The number of para-hydroxylation sites is 1. The van der Waals surface area contributed by atoms with Crippen molar-refractivity contribution in [3.8, 4) is 17.2 Å². The predicted octanol–water partition coefficient (Wildman–Crippen LogP) is 10.5. The van der Waals surface area contributed by atoms with Crippen LogP contribution in [0.5, 0.6) is 0 Å². The Morgan fingerprint density at radius 2 is 1.23 bits per heavy atom. The molecule has 0 unspecified atom stereocenters. The van der Waals surface area contributed by atoms with E-state index in [4.69, 9.17) is 15.0 Å². The molecule has 0 fully saturated rings. The average molecular weight is 579 g/mol. The van der Waals surface area contributed by atoms with Gasteiger partial charge < -0.3 is 0 Å². The average Bonchev–Trinajstić information content (AvgIpc) is 3.64. The first-order chi connectivity index (χ1) is 21.8. The molecule has 6 aromatic carbocycles. The smallest absolute Gasteiger partial charge is 0.237 e. The molecule has 0 radical (unpaired) electrons. The summed E-state index contributed by atoms with van der Waals surface area (Å²) in [5.74, 6) is 0.621. The largest absolute Gasteiger partial charge is 0.277 e. The minimum Gasteiger partial charge on any atom is -0.277 e. The van der Waals surface area contributed by atoms with Crippen molar-refractivity contribution in [2.75, 3.05) is 0 Å². The number of nitrogens with zero attached hydrogens (tertiary/aromatic N) is 4. The molecule has 0 saturated heterocycles. The van der Waals surface area contributed by atoms with Crippen LogP contribution in [0.3, 0.4) is 0 Å². The van der Waals surface area contributed by atoms with Crippen LogP contribution in [0.2, 0.25) is 0 Å². The predicted molar refractivity (Wildman–Crippen MR) is 185 cm³/mol. The highest BCUT2D eigenvalue weighted by Crippen LogP contribution is 2.47. The standard InChI is InChI=1S/C39H22N4S/c1-2-13-24-23(11-1)12-9-18-26(24)35-30-19-10-22-40-38(30)42-39(41-35)43-31-20-7-5-16-28(31)34-36(43)27-15-4-3-14-25(27)33-29-17-6-8-21-32(29)44-37(33)34/h1-22H. The van der Waals surface area contributed by atoms with Crippen molar-refractivity contribution >= 4 is 85.9 Å². The summed E-state index contributed by atoms with van der Waals surface area (Å²) < 4.78 is 4.85. The van der Waals surface area contributed by atoms with Gasteiger partial charge in [0, 0.05) is 53.5 Å². The van der Waals surface area contributed by atoms with E-state index in [1.165, 1.54) is 47.1 Å². The summed E-state index contributed by atoms with van der Waals surface area (Å²) in [6, 6.07) is 45.1. The maximum atomic E-state index is 5.41. The van der Waals surface area contributed by atoms with Crippen LogP contribution in [-0.4, -0.2) is 19.5 Å². The molecule has 10 aromatic rings. The molecule has 0 aliphatic heterocycles. The van der Waals surface area contributed by atoms with Gasteiger partial charge in [-0.2, -0.15) is 4.98 Å². The molecule has 0 spiro atoms. The molecule has 0 aliphatic carbocycles. The number of pyridine rings is 1. The quantitative estimate of drug-likeness (QED) is 0.205. The van der Waals surface area contributed by atoms with Crippen molar-refractivity contribution in [1.29, 1.82) is 0 Å². The summed E-state index contributed by atoms with van der Waals surface area (Å²) in [4.78, 5) is 15.3. The molecule has 4 nitrogen and oxygen atoms in total. The van der Waals surface area contributed by atoms with Crippen molar-refractivity contribution in [2.45, 2.75) is 0 Å². The zero-order chi connectivity index (χ0) is 28.8. The molecule has 5 heteroatoms. The van der Waals surface area contributed by atoms with Crippen LogP contribution in [0.1, 0.15) is 0 Å². The first-order valence-corrected chi connectivity index (χ1v) is 15.5. The fourth-order valence-corrected chi connectivity index (χ4v) is 8.29. The maximum absolute atomic E-state index is 5.41. The van der Waals surface area contributed by atoms with Crippen molar-refractivity contribution < 1.29 is 0 Å². The lowest BCUT2D eigenvalue weighted by atomic mass is 10.00. The second kappa shape index (κ2) is 8.93. The van der Waals surface area contributed by atoms with E-state index in [0.29, 0.717) is 11.6 Å². The SMILES string of the molecule is c1ccc2c(-c3nc(-n4c5ccccc5c5c6sc7ccccc7c6c6ccccc6c54)nc4ncccc34)cccc2c1. The van der Waals surface area contributed by atoms with Gasteiger partial charge >= 0.3 is 0 Å². The first-order valence-electron chi connectivity index (χ1n) is 14.7. The fraction of sp³-hybridized carbons (Fsp3) is 0. The van der Waals surface area contributed by atoms with E-state index in [1.54, 1.807) is 0 Å². The Kier molecular flexibility index (Phi) is 4.84. The molecule has 204 valence electrons. The van der Waals surface area contributed by atoms with Crippen LogP contribution in [0.15, 0.2) is 134 Å². The van der Waals surface area contributed by atoms with Gasteiger partial charge in [0.2, 0.25) is 5.95 Å². The molecule has 0 bridgehead atoms. The van der Waals surface area contributed by atoms with Crippen LogP contribution < -0.4 is 0 Å². The van der Waals surface area contributed by atoms with Gasteiger partial charge in [-0.15, -0.1) is 11.3 Å². The lowest BCUT2D eigenvalue weighted by Gasteiger charge is -2.13. The van der Waals surface area contributed by atoms with Gasteiger partial charge in [0.1, 0.15) is 0 Å². The van der Waals surface area contributed by atoms with E-state index in [2.05, 4.69) is 126 Å². The van der Waals surface area contributed by atoms with Gasteiger partial charge in [0.15, 0.2) is 5.65 Å². The molecule has 0 aliphatic rings. The van der Waals surface area contributed by atoms with Gasteiger partial charge in [-0.05, 0) is 40.4 Å². The second-order valence-corrected chi connectivity index (χ2v) is 12.2. The maximum Gasteiger partial charge on any atom is 0.237 e. The molecule has 4 aromatic heterocycles. The molecule has 0 N–H and O–H groups in total. The van der Waals surface area contributed by atoms with Crippen LogP contribution in [0.4, 0.5) is 0 Å². The van der Waals surface area contributed by atoms with Crippen molar-refractivity contribution in [3.63, 3.8) is 0 Å². The van der Waals surface area contributed by atoms with Crippen LogP contribution in [0.25, 0.3) is 91.8 Å². The van der Waals surface area contributed by atoms with Gasteiger partial charge in [-0.3, -0.25) is 4.57 Å². The van der Waals surface area contributed by atoms with E-state index in [-0.39, 0.29) is 0 Å². The number of aromatic nitrogens is 4.